The molecule has 0 saturated heterocycles. The first-order chi connectivity index (χ1) is 9.68. The van der Waals surface area contributed by atoms with Crippen molar-refractivity contribution in [3.8, 4) is 5.88 Å². The van der Waals surface area contributed by atoms with E-state index < -0.39 is 0 Å². The second kappa shape index (κ2) is 4.40. The van der Waals surface area contributed by atoms with Crippen molar-refractivity contribution in [3.63, 3.8) is 0 Å². The summed E-state index contributed by atoms with van der Waals surface area (Å²) in [6.45, 7) is 11.4. The van der Waals surface area contributed by atoms with Crippen LogP contribution >= 0.6 is 0 Å². The summed E-state index contributed by atoms with van der Waals surface area (Å²) in [4.78, 5) is 0. The van der Waals surface area contributed by atoms with E-state index in [1.807, 2.05) is 11.7 Å². The molecule has 2 bridgehead atoms. The van der Waals surface area contributed by atoms with E-state index in [4.69, 9.17) is 10.5 Å². The molecule has 1 heterocycles. The van der Waals surface area contributed by atoms with Gasteiger partial charge >= 0.3 is 0 Å². The van der Waals surface area contributed by atoms with E-state index in [0.29, 0.717) is 11.3 Å². The molecule has 4 nitrogen and oxygen atoms in total. The predicted molar refractivity (Wildman–Crippen MR) is 85.4 cm³/mol. The van der Waals surface area contributed by atoms with Crippen molar-refractivity contribution >= 4 is 5.69 Å². The third kappa shape index (κ3) is 1.84. The van der Waals surface area contributed by atoms with Gasteiger partial charge in [-0.2, -0.15) is 5.10 Å². The van der Waals surface area contributed by atoms with Gasteiger partial charge in [-0.15, -0.1) is 0 Å². The first kappa shape index (κ1) is 14.7. The van der Waals surface area contributed by atoms with Crippen LogP contribution < -0.4 is 10.5 Å². The summed E-state index contributed by atoms with van der Waals surface area (Å²) in [5.74, 6) is 1.85. The first-order valence-electron chi connectivity index (χ1n) is 8.17. The van der Waals surface area contributed by atoms with Crippen LogP contribution in [-0.4, -0.2) is 15.9 Å². The zero-order valence-electron chi connectivity index (χ0n) is 14.2. The average molecular weight is 291 g/mol. The van der Waals surface area contributed by atoms with Crippen LogP contribution in [0, 0.1) is 16.7 Å². The molecule has 0 spiro atoms. The van der Waals surface area contributed by atoms with Gasteiger partial charge in [0.25, 0.3) is 0 Å². The van der Waals surface area contributed by atoms with Gasteiger partial charge in [0.15, 0.2) is 0 Å². The van der Waals surface area contributed by atoms with Crippen molar-refractivity contribution in [1.29, 1.82) is 0 Å². The van der Waals surface area contributed by atoms with Gasteiger partial charge in [0.05, 0.1) is 5.69 Å². The Morgan fingerprint density at radius 1 is 1.33 bits per heavy atom. The van der Waals surface area contributed by atoms with Gasteiger partial charge in [-0.1, -0.05) is 34.6 Å². The van der Waals surface area contributed by atoms with Crippen molar-refractivity contribution in [2.75, 3.05) is 5.73 Å². The van der Waals surface area contributed by atoms with E-state index in [-0.39, 0.29) is 11.5 Å². The number of nitrogens with two attached hydrogens (primary N) is 1. The van der Waals surface area contributed by atoms with Gasteiger partial charge in [0.2, 0.25) is 5.88 Å². The molecule has 2 saturated carbocycles. The molecule has 2 fully saturated rings. The Hall–Kier alpha value is -1.19. The number of fused-ring (bicyclic) bond motifs is 2. The van der Waals surface area contributed by atoms with Crippen LogP contribution in [-0.2, 0) is 7.05 Å². The normalized spacial score (nSPS) is 33.9. The number of hydrogen-bond acceptors (Lipinski definition) is 3. The van der Waals surface area contributed by atoms with Gasteiger partial charge in [-0.25, -0.2) is 4.68 Å². The van der Waals surface area contributed by atoms with Gasteiger partial charge in [-0.05, 0) is 36.5 Å². The fraction of sp³-hybridized carbons (Fsp3) is 0.824. The largest absolute Gasteiger partial charge is 0.472 e. The maximum atomic E-state index is 6.42. The van der Waals surface area contributed by atoms with Crippen molar-refractivity contribution in [3.05, 3.63) is 5.69 Å². The summed E-state index contributed by atoms with van der Waals surface area (Å²) in [5, 5.41) is 4.54. The number of aromatic nitrogens is 2. The van der Waals surface area contributed by atoms with Gasteiger partial charge in [-0.3, -0.25) is 0 Å². The molecule has 2 aliphatic rings. The van der Waals surface area contributed by atoms with E-state index in [1.54, 1.807) is 0 Å². The lowest BCUT2D eigenvalue weighted by Gasteiger charge is -2.38. The van der Waals surface area contributed by atoms with E-state index in [0.717, 1.165) is 29.6 Å². The Morgan fingerprint density at radius 2 is 2.00 bits per heavy atom. The van der Waals surface area contributed by atoms with Gasteiger partial charge < -0.3 is 10.5 Å². The average Bonchev–Trinajstić information content (AvgIpc) is 2.87. The zero-order valence-corrected chi connectivity index (χ0v) is 14.2. The lowest BCUT2D eigenvalue weighted by Crippen LogP contribution is -2.39. The summed E-state index contributed by atoms with van der Waals surface area (Å²) in [5.41, 5.74) is 8.54. The van der Waals surface area contributed by atoms with E-state index in [9.17, 15) is 0 Å². The molecule has 1 aromatic heterocycles. The third-order valence-corrected chi connectivity index (χ3v) is 6.57. The minimum atomic E-state index is 0.242. The van der Waals surface area contributed by atoms with Crippen LogP contribution in [0.15, 0.2) is 0 Å². The molecule has 2 N–H and O–H groups in total. The number of nitrogens with zero attached hydrogens (tertiary/aromatic N) is 2. The monoisotopic (exact) mass is 291 g/mol. The third-order valence-electron chi connectivity index (χ3n) is 6.57. The maximum Gasteiger partial charge on any atom is 0.236 e. The molecule has 0 aliphatic heterocycles. The van der Waals surface area contributed by atoms with E-state index >= 15 is 0 Å². The fourth-order valence-corrected chi connectivity index (χ4v) is 4.55. The van der Waals surface area contributed by atoms with Crippen LogP contribution in [0.25, 0.3) is 0 Å². The molecular formula is C17H29N3O. The number of rotatable bonds is 3. The number of ether oxygens (including phenoxy) is 1. The second-order valence-electron chi connectivity index (χ2n) is 8.10. The highest BCUT2D eigenvalue weighted by atomic mass is 16.5. The second-order valence-corrected chi connectivity index (χ2v) is 8.10. The number of nitrogen functional groups attached to an aromatic ring is 1. The first-order valence-corrected chi connectivity index (χ1v) is 8.17. The lowest BCUT2D eigenvalue weighted by atomic mass is 9.70. The summed E-state index contributed by atoms with van der Waals surface area (Å²) in [7, 11) is 1.93. The molecule has 3 unspecified atom stereocenters. The highest BCUT2D eigenvalue weighted by Crippen LogP contribution is 2.66. The highest BCUT2D eigenvalue weighted by molar-refractivity contribution is 5.54. The molecule has 1 aromatic rings. The van der Waals surface area contributed by atoms with Crippen molar-refractivity contribution in [1.82, 2.24) is 9.78 Å². The van der Waals surface area contributed by atoms with E-state index in [1.165, 1.54) is 12.8 Å². The summed E-state index contributed by atoms with van der Waals surface area (Å²) < 4.78 is 8.23. The van der Waals surface area contributed by atoms with Gasteiger partial charge in [0.1, 0.15) is 11.8 Å². The Morgan fingerprint density at radius 3 is 2.43 bits per heavy atom. The van der Waals surface area contributed by atoms with Crippen LogP contribution in [0.5, 0.6) is 5.88 Å². The predicted octanol–water partition coefficient (Wildman–Crippen LogP) is 3.72. The lowest BCUT2D eigenvalue weighted by molar-refractivity contribution is 0.0252. The molecular weight excluding hydrogens is 262 g/mol. The SMILES string of the molecule is CC(C)c1nn(C)c(OC2CC3CCC2(C)C3(C)C)c1N. The molecule has 118 valence electrons. The number of hydrogen-bond donors (Lipinski definition) is 1. The summed E-state index contributed by atoms with van der Waals surface area (Å²) in [6.07, 6.45) is 3.99. The zero-order chi connectivity index (χ0) is 15.6. The summed E-state index contributed by atoms with van der Waals surface area (Å²) in [6, 6.07) is 0. The summed E-state index contributed by atoms with van der Waals surface area (Å²) >= 11 is 0. The molecule has 3 atom stereocenters. The molecule has 0 amide bonds. The number of anilines is 1. The highest BCUT2D eigenvalue weighted by Gasteiger charge is 2.62. The molecule has 2 aliphatic carbocycles. The molecule has 3 rings (SSSR count). The Bertz CT molecular complexity index is 561. The Kier molecular flexibility index (Phi) is 3.09. The van der Waals surface area contributed by atoms with Crippen molar-refractivity contribution in [2.24, 2.45) is 23.8 Å². The van der Waals surface area contributed by atoms with Crippen LogP contribution in [0.3, 0.4) is 0 Å². The van der Waals surface area contributed by atoms with Crippen molar-refractivity contribution in [2.45, 2.75) is 65.9 Å². The standard InChI is InChI=1S/C17H29N3O/c1-10(2)14-13(18)15(20(6)19-14)21-12-9-11-7-8-17(12,5)16(11,3)4/h10-12H,7-9,18H2,1-6H3. The van der Waals surface area contributed by atoms with Crippen LogP contribution in [0.1, 0.15) is 65.5 Å². The van der Waals surface area contributed by atoms with Crippen LogP contribution in [0.2, 0.25) is 0 Å². The Balaban J connectivity index is 1.89. The molecule has 4 heteroatoms. The quantitative estimate of drug-likeness (QED) is 0.923. The fourth-order valence-electron chi connectivity index (χ4n) is 4.55. The molecule has 0 radical (unpaired) electrons. The number of aryl methyl sites for hydroxylation is 1. The molecule has 21 heavy (non-hydrogen) atoms. The van der Waals surface area contributed by atoms with Gasteiger partial charge in [0, 0.05) is 12.5 Å². The van der Waals surface area contributed by atoms with Crippen LogP contribution in [0.4, 0.5) is 5.69 Å². The minimum Gasteiger partial charge on any atom is -0.472 e. The Labute approximate surface area is 128 Å². The maximum absolute atomic E-state index is 6.42. The minimum absolute atomic E-state index is 0.242. The van der Waals surface area contributed by atoms with E-state index in [2.05, 4.69) is 39.7 Å². The smallest absolute Gasteiger partial charge is 0.236 e. The van der Waals surface area contributed by atoms with Crippen molar-refractivity contribution < 1.29 is 4.74 Å². The topological polar surface area (TPSA) is 53.1 Å². The molecule has 0 aromatic carbocycles.